The number of likely N-dealkylation sites (tertiary alicyclic amines) is 2. The number of nitrogens with two attached hydrogens (primary N) is 1. The van der Waals surface area contributed by atoms with Crippen molar-refractivity contribution in [3.63, 3.8) is 0 Å². The van der Waals surface area contributed by atoms with Crippen LogP contribution in [-0.4, -0.2) is 220 Å². The number of carbonyl (C=O) groups is 11. The third-order valence-electron chi connectivity index (χ3n) is 24.7. The summed E-state index contributed by atoms with van der Waals surface area (Å²) in [5.74, 6) is -2.63. The minimum Gasteiger partial charge on any atom is -0.870 e. The zero-order chi connectivity index (χ0) is 110. The Morgan fingerprint density at radius 3 is 1.15 bits per heavy atom. The summed E-state index contributed by atoms with van der Waals surface area (Å²) in [5.41, 5.74) is 7.82. The molecule has 35 heteroatoms. The van der Waals surface area contributed by atoms with Crippen LogP contribution in [0.5, 0.6) is 0 Å². The first kappa shape index (κ1) is 141. The summed E-state index contributed by atoms with van der Waals surface area (Å²) in [6.07, 6.45) is 18.7. The molecule has 146 heavy (non-hydrogen) atoms. The molecule has 0 unspecified atom stereocenters. The summed E-state index contributed by atoms with van der Waals surface area (Å²) < 4.78 is 39.6. The molecule has 0 saturated carbocycles. The fourth-order valence-corrected chi connectivity index (χ4v) is 12.2. The number of alkyl carbamates (subject to hydrolysis) is 4. The van der Waals surface area contributed by atoms with Crippen LogP contribution in [0, 0.1) is 60.6 Å². The molecule has 3 fully saturated rings. The van der Waals surface area contributed by atoms with E-state index in [-0.39, 0.29) is 118 Å². The molecule has 7 rings (SSSR count). The number of carbonyl (C=O) groups excluding carboxylic acids is 10. The zero-order valence-electron chi connectivity index (χ0n) is 91.6. The minimum absolute atomic E-state index is 0. The van der Waals surface area contributed by atoms with Crippen molar-refractivity contribution in [2.75, 3.05) is 94.5 Å². The van der Waals surface area contributed by atoms with Crippen LogP contribution in [0.3, 0.4) is 0 Å². The fourth-order valence-electron chi connectivity index (χ4n) is 12.0. The van der Waals surface area contributed by atoms with Gasteiger partial charge in [0.05, 0.1) is 53.1 Å². The van der Waals surface area contributed by atoms with Gasteiger partial charge in [-0.2, -0.15) is 10.5 Å². The van der Waals surface area contributed by atoms with Gasteiger partial charge in [-0.1, -0.05) is 289 Å². The number of methoxy groups -OCH3 is 3. The van der Waals surface area contributed by atoms with Crippen molar-refractivity contribution < 1.29 is 125 Å². The van der Waals surface area contributed by atoms with Crippen molar-refractivity contribution in [3.05, 3.63) is 206 Å². The SMILES string of the molecule is C=CC(C)(C)C/C=C(\NC(=O)OCc1ccccc1)C(=O)OC.C=CC(C)(C)CC(=O)OC.C=CC(C)(C)CC=O.C=CC(C)(C)CCO.CCC(C)(C)CC[C@H](NC(=O)OCc1ccccc1)C(=O)NC1(C#N)CCN(C)CC1.CCC(C)(C)CC[C@H](NC(=O)OCc1ccccc1)C(=O)O.CCC(C)(C)CC[C@H](NC(=O)OCc1ccccc1)C(=O)OC.CN1CCC(N)(C#N)CC1.O=C(Cl)N1CCOCC1.[Li+].[OH-]. The maximum absolute atomic E-state index is 13.1. The van der Waals surface area contributed by atoms with E-state index in [4.69, 9.17) is 56.1 Å². The second kappa shape index (κ2) is 75.5. The molecule has 0 radical (unpaired) electrons. The number of carboxylic acid groups (broad SMARTS) is 1. The number of morpholine rings is 1. The quantitative estimate of drug-likeness (QED) is 0.00299. The molecule has 10 N–H and O–H groups in total. The number of nitrogens with one attached hydrogen (secondary N) is 5. The van der Waals surface area contributed by atoms with Crippen LogP contribution < -0.4 is 51.2 Å². The Hall–Kier alpha value is -11.2. The molecule has 3 heterocycles. The summed E-state index contributed by atoms with van der Waals surface area (Å²) in [5, 5.41) is 48.8. The summed E-state index contributed by atoms with van der Waals surface area (Å²) in [7, 11) is 8.02. The van der Waals surface area contributed by atoms with Gasteiger partial charge in [0.2, 0.25) is 5.91 Å². The third-order valence-corrected chi connectivity index (χ3v) is 24.9. The van der Waals surface area contributed by atoms with Crippen LogP contribution in [0.2, 0.25) is 0 Å². The Kier molecular flexibility index (Phi) is 72.9. The Balaban J connectivity index is -0.000000807. The van der Waals surface area contributed by atoms with Crippen molar-refractivity contribution in [2.24, 2.45) is 43.6 Å². The van der Waals surface area contributed by atoms with Gasteiger partial charge in [-0.3, -0.25) is 19.7 Å². The van der Waals surface area contributed by atoms with E-state index in [1.807, 2.05) is 176 Å². The first-order valence-corrected chi connectivity index (χ1v) is 49.4. The van der Waals surface area contributed by atoms with Crippen LogP contribution in [0.1, 0.15) is 249 Å². The van der Waals surface area contributed by atoms with Gasteiger partial charge in [-0.25, -0.2) is 33.6 Å². The Morgan fingerprint density at radius 2 is 0.849 bits per heavy atom. The largest absolute Gasteiger partial charge is 1.00 e. The van der Waals surface area contributed by atoms with Gasteiger partial charge in [-0.15, -0.1) is 26.3 Å². The van der Waals surface area contributed by atoms with Gasteiger partial charge in [0.25, 0.3) is 0 Å². The minimum atomic E-state index is -1.04. The second-order valence-corrected chi connectivity index (χ2v) is 40.9. The molecule has 3 aliphatic heterocycles. The monoisotopic (exact) mass is 2050 g/mol. The average Bonchev–Trinajstić information content (AvgIpc) is 0.820. The van der Waals surface area contributed by atoms with E-state index < -0.39 is 71.5 Å². The topological polar surface area (TPSA) is 476 Å². The Bertz CT molecular complexity index is 4560. The number of hydrogen-bond acceptors (Lipinski definition) is 26. The molecule has 0 bridgehead atoms. The first-order valence-electron chi connectivity index (χ1n) is 49.0. The number of nitrogens with zero attached hydrogens (tertiary/aromatic N) is 5. The van der Waals surface area contributed by atoms with Crippen LogP contribution >= 0.6 is 11.6 Å². The predicted molar refractivity (Wildman–Crippen MR) is 568 cm³/mol. The number of carboxylic acids is 1. The number of benzene rings is 4. The number of halogens is 1. The molecule has 812 valence electrons. The van der Waals surface area contributed by atoms with E-state index >= 15 is 0 Å². The maximum Gasteiger partial charge on any atom is 1.00 e. The number of aliphatic carboxylic acids is 1. The van der Waals surface area contributed by atoms with Crippen LogP contribution in [0.15, 0.2) is 184 Å². The van der Waals surface area contributed by atoms with Gasteiger partial charge in [0.1, 0.15) is 67.6 Å². The number of ether oxygens (including phenoxy) is 8. The average molecular weight is 2060 g/mol. The van der Waals surface area contributed by atoms with Crippen LogP contribution in [0.4, 0.5) is 24.0 Å². The van der Waals surface area contributed by atoms with Crippen LogP contribution in [-0.2, 0) is 93.1 Å². The summed E-state index contributed by atoms with van der Waals surface area (Å²) in [4.78, 5) is 133. The number of nitriles is 2. The molecular weight excluding hydrogens is 1880 g/mol. The maximum atomic E-state index is 13.1. The molecule has 0 aromatic heterocycles. The molecule has 0 spiro atoms. The molecule has 6 amide bonds. The molecule has 4 aromatic carbocycles. The van der Waals surface area contributed by atoms with Gasteiger partial charge < -0.3 is 100 Å². The summed E-state index contributed by atoms with van der Waals surface area (Å²) in [6, 6.07) is 39.4. The standard InChI is InChI=1S/C24H36N4O3.C18H27NO4.C18H23NO4.C17H25NO4.C8H14O2.C7H13N3.C7H14O.C7H12O.C5H8ClNO2.Li.H2O/c1-5-23(2,3)12-11-20(26-22(30)31-17-19-9-7-6-8-10-19)21(29)27-24(18-25)13-15-28(4)16-14-24;2*1-5-18(2,3)12-11-15(16(20)22-4)19-17(21)23-13-14-9-7-6-8-10-14;1-4-17(2,3)11-10-14(15(19)20)18-16(21)22-12-13-8-6-5-7-9-13;1-5-8(2,3)6-7(9)10-4;1-10-4-2-7(9,6-8)3-5-10;2*1-4-7(2,3)5-6-8;6-5(8)7-1-3-9-4-2-7;;/h6-10,20H,5,11-17H2,1-4H3,(H,26,30)(H,27,29);6-10,15H,5,11-13H2,1-4H3,(H,19,21);5-11H,1,12-13H2,2-4H3,(H,19,21);5-9,14H,4,10-12H2,1-3H3,(H,18,21)(H,19,20);5H,1,6H2,2-4H3;2-5,9H2,1H3;4,8H,1,5-6H2,2-3H3;4,6H,1,5H2,2-3H3;1-4H2;;1H2/q;;;;;;;;;+1;/p-1/b;;15-11-;;;;;;;;/t20-;15-;;14-;;;;;;;/m00.0......./s1. The fraction of sp³-hybridized carbons (Fsp3) is 0.577. The number of rotatable bonds is 41. The van der Waals surface area contributed by atoms with E-state index in [2.05, 4.69) is 168 Å². The molecule has 3 atom stereocenters. The number of aliphatic hydroxyl groups is 1. The van der Waals surface area contributed by atoms with Crippen molar-refractivity contribution in [2.45, 2.75) is 282 Å². The van der Waals surface area contributed by atoms with Gasteiger partial charge in [0, 0.05) is 52.3 Å². The van der Waals surface area contributed by atoms with Crippen molar-refractivity contribution in [1.29, 1.82) is 10.5 Å². The third kappa shape index (κ3) is 68.3. The molecule has 3 aliphatic rings. The molecule has 4 aromatic rings. The number of aldehydes is 1. The number of piperidine rings is 2. The molecular formula is C111H173ClLiN11O22. The van der Waals surface area contributed by atoms with E-state index in [0.717, 1.165) is 113 Å². The van der Waals surface area contributed by atoms with Crippen molar-refractivity contribution >= 4 is 77.4 Å². The number of allylic oxidation sites excluding steroid dienone is 5. The number of amides is 6. The van der Waals surface area contributed by atoms with E-state index in [1.54, 1.807) is 29.2 Å². The normalized spacial score (nSPS) is 14.2. The summed E-state index contributed by atoms with van der Waals surface area (Å²) in [6.45, 7) is 56.1. The van der Waals surface area contributed by atoms with Gasteiger partial charge in [0.15, 0.2) is 0 Å². The Morgan fingerprint density at radius 1 is 0.500 bits per heavy atom. The second-order valence-electron chi connectivity index (χ2n) is 40.6. The van der Waals surface area contributed by atoms with E-state index in [0.29, 0.717) is 77.7 Å². The van der Waals surface area contributed by atoms with Gasteiger partial charge >= 0.3 is 72.5 Å². The predicted octanol–water partition coefficient (Wildman–Crippen LogP) is 17.0. The number of hydrogen-bond donors (Lipinski definition) is 8. The van der Waals surface area contributed by atoms with E-state index in [1.165, 1.54) is 21.3 Å². The van der Waals surface area contributed by atoms with Crippen molar-refractivity contribution in [3.8, 4) is 12.1 Å². The van der Waals surface area contributed by atoms with Gasteiger partial charge in [-0.05, 0) is 163 Å². The van der Waals surface area contributed by atoms with E-state index in [9.17, 15) is 63.1 Å². The molecule has 33 nitrogen and oxygen atoms in total. The smallest absolute Gasteiger partial charge is 0.870 e. The Labute approximate surface area is 887 Å². The zero-order valence-corrected chi connectivity index (χ0v) is 92.3. The molecule has 0 aliphatic carbocycles. The van der Waals surface area contributed by atoms with Crippen molar-refractivity contribution in [1.82, 2.24) is 41.3 Å². The summed E-state index contributed by atoms with van der Waals surface area (Å²) >= 11 is 5.19. The first-order chi connectivity index (χ1) is 67.5. The number of aliphatic hydroxyl groups excluding tert-OH is 1. The number of esters is 3. The van der Waals surface area contributed by atoms with Crippen LogP contribution in [0.25, 0.3) is 0 Å². The molecule has 3 saturated heterocycles.